The highest BCUT2D eigenvalue weighted by molar-refractivity contribution is 5.68. The highest BCUT2D eigenvalue weighted by Gasteiger charge is 2.34. The molecule has 8 nitrogen and oxygen atoms in total. The van der Waals surface area contributed by atoms with Crippen molar-refractivity contribution in [1.29, 1.82) is 0 Å². The van der Waals surface area contributed by atoms with Gasteiger partial charge < -0.3 is 9.64 Å². The molecular formula is C13H19FN4O4. The fourth-order valence-electron chi connectivity index (χ4n) is 2.30. The van der Waals surface area contributed by atoms with Crippen molar-refractivity contribution in [2.75, 3.05) is 13.1 Å². The SMILES string of the molecule is CC(C)(C)OC(=O)N1C[C@@H](F)C[C@H](n2cc([N+](=O)[O-])cn2)C1. The molecule has 2 rings (SSSR count). The summed E-state index contributed by atoms with van der Waals surface area (Å²) in [5.41, 5.74) is -0.829. The molecular weight excluding hydrogens is 295 g/mol. The summed E-state index contributed by atoms with van der Waals surface area (Å²) in [7, 11) is 0. The molecule has 2 heterocycles. The molecule has 1 aliphatic heterocycles. The van der Waals surface area contributed by atoms with Gasteiger partial charge >= 0.3 is 11.8 Å². The summed E-state index contributed by atoms with van der Waals surface area (Å²) in [6.07, 6.45) is 0.685. The molecule has 1 aliphatic rings. The minimum Gasteiger partial charge on any atom is -0.444 e. The first-order chi connectivity index (χ1) is 10.2. The largest absolute Gasteiger partial charge is 0.444 e. The van der Waals surface area contributed by atoms with Crippen LogP contribution in [-0.4, -0.2) is 50.6 Å². The van der Waals surface area contributed by atoms with E-state index in [1.807, 2.05) is 0 Å². The zero-order valence-corrected chi connectivity index (χ0v) is 12.7. The third-order valence-electron chi connectivity index (χ3n) is 3.20. The molecule has 0 radical (unpaired) electrons. The van der Waals surface area contributed by atoms with Gasteiger partial charge in [0.05, 0.1) is 17.5 Å². The molecule has 1 amide bonds. The average molecular weight is 314 g/mol. The van der Waals surface area contributed by atoms with E-state index in [2.05, 4.69) is 5.10 Å². The zero-order valence-electron chi connectivity index (χ0n) is 12.7. The van der Waals surface area contributed by atoms with Crippen LogP contribution in [-0.2, 0) is 4.74 Å². The van der Waals surface area contributed by atoms with E-state index >= 15 is 0 Å². The number of halogens is 1. The Balaban J connectivity index is 2.10. The third kappa shape index (κ3) is 3.92. The lowest BCUT2D eigenvalue weighted by Crippen LogP contribution is -2.47. The summed E-state index contributed by atoms with van der Waals surface area (Å²) >= 11 is 0. The van der Waals surface area contributed by atoms with Gasteiger partial charge in [-0.25, -0.2) is 9.18 Å². The molecule has 122 valence electrons. The maximum Gasteiger partial charge on any atom is 0.410 e. The third-order valence-corrected chi connectivity index (χ3v) is 3.20. The van der Waals surface area contributed by atoms with Crippen molar-refractivity contribution < 1.29 is 18.8 Å². The van der Waals surface area contributed by atoms with Crippen LogP contribution in [0.3, 0.4) is 0 Å². The van der Waals surface area contributed by atoms with Crippen molar-refractivity contribution in [3.05, 3.63) is 22.5 Å². The molecule has 1 saturated heterocycles. The van der Waals surface area contributed by atoms with Crippen molar-refractivity contribution in [3.63, 3.8) is 0 Å². The fraction of sp³-hybridized carbons (Fsp3) is 0.692. The van der Waals surface area contributed by atoms with E-state index in [0.717, 1.165) is 6.20 Å². The van der Waals surface area contributed by atoms with Crippen LogP contribution in [0.15, 0.2) is 12.4 Å². The number of hydrogen-bond acceptors (Lipinski definition) is 5. The topological polar surface area (TPSA) is 90.5 Å². The van der Waals surface area contributed by atoms with E-state index in [4.69, 9.17) is 4.74 Å². The summed E-state index contributed by atoms with van der Waals surface area (Å²) < 4.78 is 20.5. The molecule has 0 bridgehead atoms. The predicted octanol–water partition coefficient (Wildman–Crippen LogP) is 2.31. The molecule has 0 saturated carbocycles. The second kappa shape index (κ2) is 5.90. The Kier molecular flexibility index (Phi) is 4.34. The summed E-state index contributed by atoms with van der Waals surface area (Å²) in [6, 6.07) is -0.454. The van der Waals surface area contributed by atoms with Gasteiger partial charge in [0.15, 0.2) is 0 Å². The molecule has 1 aromatic heterocycles. The van der Waals surface area contributed by atoms with Gasteiger partial charge in [0.25, 0.3) is 0 Å². The normalized spacial score (nSPS) is 22.5. The number of piperidine rings is 1. The van der Waals surface area contributed by atoms with Crippen molar-refractivity contribution in [2.45, 2.75) is 45.0 Å². The van der Waals surface area contributed by atoms with Gasteiger partial charge in [-0.2, -0.15) is 5.10 Å². The van der Waals surface area contributed by atoms with E-state index in [1.54, 1.807) is 20.8 Å². The number of carbonyl (C=O) groups excluding carboxylic acids is 1. The van der Waals surface area contributed by atoms with Gasteiger partial charge in [-0.05, 0) is 20.8 Å². The van der Waals surface area contributed by atoms with Gasteiger partial charge in [0, 0.05) is 13.0 Å². The first-order valence-electron chi connectivity index (χ1n) is 6.96. The summed E-state index contributed by atoms with van der Waals surface area (Å²) in [5.74, 6) is 0. The van der Waals surface area contributed by atoms with Crippen LogP contribution in [0, 0.1) is 10.1 Å². The molecule has 2 atom stereocenters. The monoisotopic (exact) mass is 314 g/mol. The molecule has 9 heteroatoms. The highest BCUT2D eigenvalue weighted by Crippen LogP contribution is 2.26. The van der Waals surface area contributed by atoms with Crippen LogP contribution in [0.4, 0.5) is 14.9 Å². The molecule has 1 aromatic rings. The number of nitro groups is 1. The molecule has 1 fully saturated rings. The van der Waals surface area contributed by atoms with Crippen LogP contribution in [0.25, 0.3) is 0 Å². The average Bonchev–Trinajstić information content (AvgIpc) is 2.85. The quantitative estimate of drug-likeness (QED) is 0.617. The highest BCUT2D eigenvalue weighted by atomic mass is 19.1. The fourth-order valence-corrected chi connectivity index (χ4v) is 2.30. The Bertz CT molecular complexity index is 569. The number of nitrogens with zero attached hydrogens (tertiary/aromatic N) is 4. The second-order valence-electron chi connectivity index (χ2n) is 6.31. The van der Waals surface area contributed by atoms with Crippen LogP contribution in [0.1, 0.15) is 33.2 Å². The minimum atomic E-state index is -1.23. The Morgan fingerprint density at radius 2 is 2.18 bits per heavy atom. The molecule has 0 unspecified atom stereocenters. The van der Waals surface area contributed by atoms with E-state index in [1.165, 1.54) is 15.8 Å². The number of aromatic nitrogens is 2. The number of alkyl halides is 1. The standard InChI is InChI=1S/C13H19FN4O4/c1-13(2,3)22-12(19)16-6-9(14)4-10(7-16)17-8-11(5-15-17)18(20)21/h5,8-10H,4,6-7H2,1-3H3/t9-,10-/m0/s1. The Labute approximate surface area is 127 Å². The zero-order chi connectivity index (χ0) is 16.5. The molecule has 0 aliphatic carbocycles. The lowest BCUT2D eigenvalue weighted by atomic mass is 10.0. The van der Waals surface area contributed by atoms with Gasteiger partial charge in [0.2, 0.25) is 0 Å². The van der Waals surface area contributed by atoms with Crippen molar-refractivity contribution in [2.24, 2.45) is 0 Å². The Hall–Kier alpha value is -2.19. The minimum absolute atomic E-state index is 0.0469. The van der Waals surface area contributed by atoms with Crippen LogP contribution < -0.4 is 0 Å². The first-order valence-corrected chi connectivity index (χ1v) is 6.96. The van der Waals surface area contributed by atoms with E-state index < -0.39 is 28.8 Å². The molecule has 22 heavy (non-hydrogen) atoms. The molecule has 0 spiro atoms. The summed E-state index contributed by atoms with van der Waals surface area (Å²) in [5, 5.41) is 14.6. The summed E-state index contributed by atoms with van der Waals surface area (Å²) in [6.45, 7) is 5.35. The van der Waals surface area contributed by atoms with E-state index in [-0.39, 0.29) is 25.2 Å². The van der Waals surface area contributed by atoms with E-state index in [9.17, 15) is 19.3 Å². The lowest BCUT2D eigenvalue weighted by molar-refractivity contribution is -0.385. The smallest absolute Gasteiger partial charge is 0.410 e. The van der Waals surface area contributed by atoms with Gasteiger partial charge in [-0.1, -0.05) is 0 Å². The second-order valence-corrected chi connectivity index (χ2v) is 6.31. The number of ether oxygens (including phenoxy) is 1. The van der Waals surface area contributed by atoms with Crippen LogP contribution in [0.2, 0.25) is 0 Å². The van der Waals surface area contributed by atoms with Crippen molar-refractivity contribution in [1.82, 2.24) is 14.7 Å². The van der Waals surface area contributed by atoms with Gasteiger partial charge in [-0.3, -0.25) is 14.8 Å². The molecule has 0 N–H and O–H groups in total. The number of rotatable bonds is 2. The van der Waals surface area contributed by atoms with Crippen molar-refractivity contribution in [3.8, 4) is 0 Å². The number of amides is 1. The first kappa shape index (κ1) is 16.2. The maximum absolute atomic E-state index is 13.9. The Morgan fingerprint density at radius 3 is 2.73 bits per heavy atom. The number of likely N-dealkylation sites (tertiary alicyclic amines) is 1. The number of hydrogen-bond donors (Lipinski definition) is 0. The van der Waals surface area contributed by atoms with Crippen molar-refractivity contribution >= 4 is 11.8 Å². The van der Waals surface area contributed by atoms with Gasteiger partial charge in [-0.15, -0.1) is 0 Å². The van der Waals surface area contributed by atoms with Crippen LogP contribution in [0.5, 0.6) is 0 Å². The lowest BCUT2D eigenvalue weighted by Gasteiger charge is -2.35. The van der Waals surface area contributed by atoms with E-state index in [0.29, 0.717) is 0 Å². The molecule has 0 aromatic carbocycles. The maximum atomic E-state index is 13.9. The van der Waals surface area contributed by atoms with Gasteiger partial charge in [0.1, 0.15) is 24.2 Å². The summed E-state index contributed by atoms with van der Waals surface area (Å²) in [4.78, 5) is 23.4. The predicted molar refractivity (Wildman–Crippen MR) is 75.2 cm³/mol. The number of carbonyl (C=O) groups is 1. The Morgan fingerprint density at radius 1 is 1.50 bits per heavy atom. The van der Waals surface area contributed by atoms with Crippen LogP contribution >= 0.6 is 0 Å².